The van der Waals surface area contributed by atoms with E-state index in [-0.39, 0.29) is 12.0 Å². The molecule has 3 aromatic rings. The molecule has 1 aliphatic carbocycles. The van der Waals surface area contributed by atoms with Crippen molar-refractivity contribution in [2.24, 2.45) is 0 Å². The van der Waals surface area contributed by atoms with Crippen LogP contribution in [0.15, 0.2) is 36.4 Å². The van der Waals surface area contributed by atoms with Crippen LogP contribution in [-0.4, -0.2) is 0 Å². The van der Waals surface area contributed by atoms with Gasteiger partial charge in [0.1, 0.15) is 28.8 Å². The van der Waals surface area contributed by atoms with E-state index in [1.807, 2.05) is 18.2 Å². The monoisotopic (exact) mass is 480 g/mol. The molecule has 4 rings (SSSR count). The van der Waals surface area contributed by atoms with Gasteiger partial charge in [0.2, 0.25) is 0 Å². The number of aryl methyl sites for hydroxylation is 1. The summed E-state index contributed by atoms with van der Waals surface area (Å²) in [5.41, 5.74) is -0.355. The first-order valence-corrected chi connectivity index (χ1v) is 11.3. The van der Waals surface area contributed by atoms with Crippen LogP contribution in [-0.2, 0) is 19.0 Å². The van der Waals surface area contributed by atoms with Crippen LogP contribution in [0.25, 0.3) is 22.3 Å². The van der Waals surface area contributed by atoms with Crippen molar-refractivity contribution in [3.05, 3.63) is 81.9 Å². The minimum atomic E-state index is -5.27. The molecule has 0 atom stereocenters. The van der Waals surface area contributed by atoms with E-state index in [2.05, 4.69) is 6.92 Å². The minimum absolute atomic E-state index is 0.159. The highest BCUT2D eigenvalue weighted by molar-refractivity contribution is 5.81. The lowest BCUT2D eigenvalue weighted by molar-refractivity contribution is -0.142. The summed E-state index contributed by atoms with van der Waals surface area (Å²) < 4.78 is 97.0. The maximum Gasteiger partial charge on any atom is 0.422 e. The predicted octanol–water partition coefficient (Wildman–Crippen LogP) is 9.01. The predicted molar refractivity (Wildman–Crippen MR) is 117 cm³/mol. The molecule has 34 heavy (non-hydrogen) atoms. The molecule has 1 aliphatic rings. The maximum atomic E-state index is 15.4. The van der Waals surface area contributed by atoms with E-state index < -0.39 is 46.1 Å². The molecule has 0 bridgehead atoms. The number of rotatable bonds is 7. The fraction of sp³-hybridized carbons (Fsp3) is 0.333. The average molecular weight is 480 g/mol. The van der Waals surface area contributed by atoms with Crippen LogP contribution in [0, 0.1) is 23.3 Å². The second-order valence-corrected chi connectivity index (χ2v) is 8.72. The molecule has 0 unspecified atom stereocenters. The lowest BCUT2D eigenvalue weighted by Gasteiger charge is -2.14. The molecule has 0 fully saturated rings. The standard InChI is InChI=1S/C27H23F7/c1-2-3-4-5-6-7-15-8-9-18-16(10-15)11-20-19(18)14-21(28)24(26(20)31)17-12-22(29)25(23(30)13-17)27(32,33)34/h8-10,12-14H,2-7,11H2,1H3. The van der Waals surface area contributed by atoms with Gasteiger partial charge < -0.3 is 0 Å². The number of fused-ring (bicyclic) bond motifs is 3. The van der Waals surface area contributed by atoms with Crippen molar-refractivity contribution in [1.82, 2.24) is 0 Å². The summed E-state index contributed by atoms with van der Waals surface area (Å²) in [5, 5.41) is 0. The third kappa shape index (κ3) is 4.57. The van der Waals surface area contributed by atoms with Gasteiger partial charge >= 0.3 is 6.18 Å². The van der Waals surface area contributed by atoms with Crippen LogP contribution >= 0.6 is 0 Å². The van der Waals surface area contributed by atoms with E-state index >= 15 is 4.39 Å². The summed E-state index contributed by atoms with van der Waals surface area (Å²) in [6.45, 7) is 2.15. The van der Waals surface area contributed by atoms with Gasteiger partial charge in [-0.3, -0.25) is 0 Å². The number of unbranched alkanes of at least 4 members (excludes halogenated alkanes) is 4. The molecule has 0 spiro atoms. The summed E-state index contributed by atoms with van der Waals surface area (Å²) in [7, 11) is 0. The molecular formula is C27H23F7. The molecule has 0 saturated carbocycles. The molecule has 0 radical (unpaired) electrons. The molecule has 3 aromatic carbocycles. The van der Waals surface area contributed by atoms with Gasteiger partial charge in [-0.05, 0) is 58.9 Å². The fourth-order valence-electron chi connectivity index (χ4n) is 4.66. The molecule has 7 heteroatoms. The van der Waals surface area contributed by atoms with Crippen molar-refractivity contribution < 1.29 is 30.7 Å². The zero-order chi connectivity index (χ0) is 24.6. The van der Waals surface area contributed by atoms with Crippen LogP contribution in [0.5, 0.6) is 0 Å². The van der Waals surface area contributed by atoms with Crippen LogP contribution in [0.1, 0.15) is 61.3 Å². The topological polar surface area (TPSA) is 0 Å². The number of hydrogen-bond donors (Lipinski definition) is 0. The Morgan fingerprint density at radius 2 is 1.44 bits per heavy atom. The Hall–Kier alpha value is -2.83. The Morgan fingerprint density at radius 3 is 2.09 bits per heavy atom. The highest BCUT2D eigenvalue weighted by Gasteiger charge is 2.38. The van der Waals surface area contributed by atoms with E-state index in [0.717, 1.165) is 42.9 Å². The number of alkyl halides is 3. The Morgan fingerprint density at radius 1 is 0.765 bits per heavy atom. The van der Waals surface area contributed by atoms with Crippen LogP contribution in [0.2, 0.25) is 0 Å². The highest BCUT2D eigenvalue weighted by atomic mass is 19.4. The van der Waals surface area contributed by atoms with Gasteiger partial charge in [0.05, 0.1) is 5.56 Å². The van der Waals surface area contributed by atoms with E-state index in [4.69, 9.17) is 0 Å². The second kappa shape index (κ2) is 9.43. The SMILES string of the molecule is CCCCCCCc1ccc2c(c1)Cc1c-2cc(F)c(-c2cc(F)c(C(F)(F)F)c(F)c2)c1F. The van der Waals surface area contributed by atoms with E-state index in [9.17, 15) is 26.3 Å². The van der Waals surface area contributed by atoms with Crippen LogP contribution in [0.3, 0.4) is 0 Å². The molecule has 0 aromatic heterocycles. The third-order valence-corrected chi connectivity index (χ3v) is 6.33. The van der Waals surface area contributed by atoms with Gasteiger partial charge in [-0.1, -0.05) is 50.8 Å². The Kier molecular flexibility index (Phi) is 6.74. The van der Waals surface area contributed by atoms with E-state index in [0.29, 0.717) is 23.3 Å². The molecule has 0 aliphatic heterocycles. The highest BCUT2D eigenvalue weighted by Crippen LogP contribution is 2.44. The Balaban J connectivity index is 1.66. The first-order chi connectivity index (χ1) is 16.1. The van der Waals surface area contributed by atoms with Gasteiger partial charge in [0, 0.05) is 12.0 Å². The summed E-state index contributed by atoms with van der Waals surface area (Å²) in [6, 6.07) is 7.43. The minimum Gasteiger partial charge on any atom is -0.206 e. The Bertz CT molecular complexity index is 1200. The van der Waals surface area contributed by atoms with Crippen molar-refractivity contribution in [3.63, 3.8) is 0 Å². The van der Waals surface area contributed by atoms with Gasteiger partial charge in [-0.25, -0.2) is 17.6 Å². The molecule has 0 nitrogen and oxygen atoms in total. The lowest BCUT2D eigenvalue weighted by atomic mass is 9.96. The summed E-state index contributed by atoms with van der Waals surface area (Å²) in [4.78, 5) is 0. The molecule has 180 valence electrons. The summed E-state index contributed by atoms with van der Waals surface area (Å²) >= 11 is 0. The summed E-state index contributed by atoms with van der Waals surface area (Å²) in [5.74, 6) is -5.96. The first-order valence-electron chi connectivity index (χ1n) is 11.3. The average Bonchev–Trinajstić information content (AvgIpc) is 3.10. The molecule has 0 N–H and O–H groups in total. The molecule has 0 saturated heterocycles. The summed E-state index contributed by atoms with van der Waals surface area (Å²) in [6.07, 6.45) is 1.45. The largest absolute Gasteiger partial charge is 0.422 e. The van der Waals surface area contributed by atoms with Gasteiger partial charge in [-0.2, -0.15) is 13.2 Å². The zero-order valence-electron chi connectivity index (χ0n) is 18.6. The zero-order valence-corrected chi connectivity index (χ0v) is 18.6. The van der Waals surface area contributed by atoms with E-state index in [1.165, 1.54) is 12.8 Å². The normalized spacial score (nSPS) is 12.7. The van der Waals surface area contributed by atoms with Gasteiger partial charge in [0.25, 0.3) is 0 Å². The Labute approximate surface area is 193 Å². The van der Waals surface area contributed by atoms with Crippen LogP contribution < -0.4 is 0 Å². The molecular weight excluding hydrogens is 457 g/mol. The van der Waals surface area contributed by atoms with Crippen molar-refractivity contribution in [2.45, 2.75) is 58.0 Å². The lowest BCUT2D eigenvalue weighted by Crippen LogP contribution is -2.12. The van der Waals surface area contributed by atoms with Crippen molar-refractivity contribution >= 4 is 0 Å². The molecule has 0 amide bonds. The first kappa shape index (κ1) is 24.3. The molecule has 0 heterocycles. The number of halogens is 7. The fourth-order valence-corrected chi connectivity index (χ4v) is 4.66. The van der Waals surface area contributed by atoms with Crippen LogP contribution in [0.4, 0.5) is 30.7 Å². The quantitative estimate of drug-likeness (QED) is 0.183. The van der Waals surface area contributed by atoms with Crippen molar-refractivity contribution in [1.29, 1.82) is 0 Å². The second-order valence-electron chi connectivity index (χ2n) is 8.72. The third-order valence-electron chi connectivity index (χ3n) is 6.33. The van der Waals surface area contributed by atoms with Crippen molar-refractivity contribution in [3.8, 4) is 22.3 Å². The van der Waals surface area contributed by atoms with Gasteiger partial charge in [0.15, 0.2) is 0 Å². The number of hydrogen-bond acceptors (Lipinski definition) is 0. The number of benzene rings is 3. The van der Waals surface area contributed by atoms with Crippen molar-refractivity contribution in [2.75, 3.05) is 0 Å². The van der Waals surface area contributed by atoms with E-state index in [1.54, 1.807) is 0 Å². The van der Waals surface area contributed by atoms with Gasteiger partial charge in [-0.15, -0.1) is 0 Å². The maximum absolute atomic E-state index is 15.4. The smallest absolute Gasteiger partial charge is 0.206 e.